The lowest BCUT2D eigenvalue weighted by molar-refractivity contribution is -0.287. The molecule has 0 aliphatic carbocycles. The summed E-state index contributed by atoms with van der Waals surface area (Å²) in [5.74, 6) is -0.446. The second-order valence-electron chi connectivity index (χ2n) is 3.97. The van der Waals surface area contributed by atoms with Crippen LogP contribution in [0.1, 0.15) is 19.8 Å². The first-order chi connectivity index (χ1) is 7.97. The van der Waals surface area contributed by atoms with E-state index in [2.05, 4.69) is 0 Å². The van der Waals surface area contributed by atoms with Crippen molar-refractivity contribution in [2.45, 2.75) is 50.5 Å². The van der Waals surface area contributed by atoms with E-state index < -0.39 is 36.7 Å². The molecule has 4 N–H and O–H groups in total. The Morgan fingerprint density at radius 2 is 1.82 bits per heavy atom. The third-order valence-electron chi connectivity index (χ3n) is 2.55. The predicted octanol–water partition coefficient (Wildman–Crippen LogP) is -1.87. The van der Waals surface area contributed by atoms with Gasteiger partial charge in [0.15, 0.2) is 6.29 Å². The standard InChI is InChI=1S/C10H18O7/c1-2-3-6(11)16-4-5-7(12)8(13)9(14)10(15)17-5/h5,7-10,12-15H,2-4H2,1H3/t5-,7-,8+,9-,10-/m1/s1. The zero-order chi connectivity index (χ0) is 13.0. The van der Waals surface area contributed by atoms with Gasteiger partial charge in [0.25, 0.3) is 0 Å². The van der Waals surface area contributed by atoms with Gasteiger partial charge >= 0.3 is 5.97 Å². The summed E-state index contributed by atoms with van der Waals surface area (Å²) in [6, 6.07) is 0. The fourth-order valence-corrected chi connectivity index (χ4v) is 1.52. The van der Waals surface area contributed by atoms with Gasteiger partial charge in [-0.05, 0) is 6.42 Å². The van der Waals surface area contributed by atoms with E-state index in [4.69, 9.17) is 9.47 Å². The average Bonchev–Trinajstić information content (AvgIpc) is 2.30. The maximum Gasteiger partial charge on any atom is 0.305 e. The fraction of sp³-hybridized carbons (Fsp3) is 0.900. The normalized spacial score (nSPS) is 37.8. The lowest BCUT2D eigenvalue weighted by Crippen LogP contribution is -2.58. The Hall–Kier alpha value is -0.730. The number of aliphatic hydroxyl groups is 4. The molecule has 0 amide bonds. The molecule has 7 heteroatoms. The van der Waals surface area contributed by atoms with E-state index in [1.807, 2.05) is 6.92 Å². The van der Waals surface area contributed by atoms with Gasteiger partial charge in [-0.15, -0.1) is 0 Å². The number of esters is 1. The second-order valence-corrected chi connectivity index (χ2v) is 3.97. The van der Waals surface area contributed by atoms with Crippen LogP contribution in [0.15, 0.2) is 0 Å². The molecule has 0 radical (unpaired) electrons. The molecule has 0 saturated carbocycles. The molecule has 0 aromatic carbocycles. The van der Waals surface area contributed by atoms with E-state index in [0.29, 0.717) is 6.42 Å². The molecule has 0 aromatic heterocycles. The molecule has 1 rings (SSSR count). The molecule has 1 aliphatic rings. The lowest BCUT2D eigenvalue weighted by atomic mass is 9.99. The van der Waals surface area contributed by atoms with Crippen molar-refractivity contribution in [1.82, 2.24) is 0 Å². The van der Waals surface area contributed by atoms with Crippen molar-refractivity contribution in [2.24, 2.45) is 0 Å². The first-order valence-corrected chi connectivity index (χ1v) is 5.50. The van der Waals surface area contributed by atoms with E-state index >= 15 is 0 Å². The minimum absolute atomic E-state index is 0.247. The molecule has 5 atom stereocenters. The van der Waals surface area contributed by atoms with Gasteiger partial charge in [0, 0.05) is 6.42 Å². The van der Waals surface area contributed by atoms with Crippen LogP contribution < -0.4 is 0 Å². The summed E-state index contributed by atoms with van der Waals surface area (Å²) in [5.41, 5.74) is 0. The molecule has 1 aliphatic heterocycles. The summed E-state index contributed by atoms with van der Waals surface area (Å²) in [4.78, 5) is 11.1. The maximum atomic E-state index is 11.1. The van der Waals surface area contributed by atoms with Gasteiger partial charge in [-0.1, -0.05) is 6.92 Å². The molecule has 1 saturated heterocycles. The highest BCUT2D eigenvalue weighted by atomic mass is 16.6. The number of ether oxygens (including phenoxy) is 2. The number of carbonyl (C=O) groups is 1. The van der Waals surface area contributed by atoms with Crippen molar-refractivity contribution >= 4 is 5.97 Å². The van der Waals surface area contributed by atoms with Crippen LogP contribution in [-0.2, 0) is 14.3 Å². The van der Waals surface area contributed by atoms with E-state index in [1.54, 1.807) is 0 Å². The largest absolute Gasteiger partial charge is 0.463 e. The molecule has 7 nitrogen and oxygen atoms in total. The van der Waals surface area contributed by atoms with Crippen LogP contribution in [0.3, 0.4) is 0 Å². The Bertz CT molecular complexity index is 257. The van der Waals surface area contributed by atoms with Crippen LogP contribution in [0.4, 0.5) is 0 Å². The quantitative estimate of drug-likeness (QED) is 0.432. The zero-order valence-electron chi connectivity index (χ0n) is 9.52. The number of rotatable bonds is 4. The highest BCUT2D eigenvalue weighted by Crippen LogP contribution is 2.20. The Morgan fingerprint density at radius 3 is 2.41 bits per heavy atom. The Morgan fingerprint density at radius 1 is 1.18 bits per heavy atom. The summed E-state index contributed by atoms with van der Waals surface area (Å²) in [6.45, 7) is 1.54. The molecule has 0 aromatic rings. The Kier molecular flexibility index (Phi) is 5.29. The van der Waals surface area contributed by atoms with Gasteiger partial charge in [-0.25, -0.2) is 0 Å². The second kappa shape index (κ2) is 6.27. The molecule has 1 fully saturated rings. The van der Waals surface area contributed by atoms with Crippen molar-refractivity contribution in [3.63, 3.8) is 0 Å². The Balaban J connectivity index is 2.45. The number of carbonyl (C=O) groups excluding carboxylic acids is 1. The predicted molar refractivity (Wildman–Crippen MR) is 54.8 cm³/mol. The minimum Gasteiger partial charge on any atom is -0.463 e. The van der Waals surface area contributed by atoms with Crippen LogP contribution in [0.5, 0.6) is 0 Å². The molecular weight excluding hydrogens is 232 g/mol. The first kappa shape index (κ1) is 14.3. The maximum absolute atomic E-state index is 11.1. The van der Waals surface area contributed by atoms with Crippen LogP contribution in [0, 0.1) is 0 Å². The van der Waals surface area contributed by atoms with Crippen LogP contribution in [0.2, 0.25) is 0 Å². The topological polar surface area (TPSA) is 116 Å². The SMILES string of the molecule is CCCC(=O)OC[C@H]1O[C@@H](O)[C@H](O)[C@@H](O)[C@@H]1O. The molecule has 1 heterocycles. The smallest absolute Gasteiger partial charge is 0.305 e. The highest BCUT2D eigenvalue weighted by molar-refractivity contribution is 5.69. The third-order valence-corrected chi connectivity index (χ3v) is 2.55. The summed E-state index contributed by atoms with van der Waals surface area (Å²) in [7, 11) is 0. The van der Waals surface area contributed by atoms with Gasteiger partial charge in [-0.2, -0.15) is 0 Å². The Labute approximate surface area is 98.6 Å². The summed E-state index contributed by atoms with van der Waals surface area (Å²) >= 11 is 0. The number of hydrogen-bond acceptors (Lipinski definition) is 7. The van der Waals surface area contributed by atoms with Crippen LogP contribution >= 0.6 is 0 Å². The monoisotopic (exact) mass is 250 g/mol. The van der Waals surface area contributed by atoms with Gasteiger partial charge in [0.2, 0.25) is 0 Å². The van der Waals surface area contributed by atoms with Gasteiger partial charge < -0.3 is 29.9 Å². The van der Waals surface area contributed by atoms with E-state index in [9.17, 15) is 25.2 Å². The van der Waals surface area contributed by atoms with Crippen LogP contribution in [0.25, 0.3) is 0 Å². The lowest BCUT2D eigenvalue weighted by Gasteiger charge is -2.37. The third kappa shape index (κ3) is 3.62. The van der Waals surface area contributed by atoms with Crippen LogP contribution in [-0.4, -0.2) is 63.7 Å². The number of hydrogen-bond donors (Lipinski definition) is 4. The number of aliphatic hydroxyl groups excluding tert-OH is 4. The van der Waals surface area contributed by atoms with E-state index in [0.717, 1.165) is 0 Å². The van der Waals surface area contributed by atoms with Crippen molar-refractivity contribution < 1.29 is 34.7 Å². The fourth-order valence-electron chi connectivity index (χ4n) is 1.52. The zero-order valence-corrected chi connectivity index (χ0v) is 9.52. The van der Waals surface area contributed by atoms with Crippen molar-refractivity contribution in [3.05, 3.63) is 0 Å². The molecule has 0 bridgehead atoms. The molecule has 17 heavy (non-hydrogen) atoms. The summed E-state index contributed by atoms with van der Waals surface area (Å²) in [5, 5.41) is 37.3. The van der Waals surface area contributed by atoms with E-state index in [1.165, 1.54) is 0 Å². The van der Waals surface area contributed by atoms with Gasteiger partial charge in [0.05, 0.1) is 0 Å². The van der Waals surface area contributed by atoms with E-state index in [-0.39, 0.29) is 13.0 Å². The average molecular weight is 250 g/mol. The van der Waals surface area contributed by atoms with Crippen molar-refractivity contribution in [3.8, 4) is 0 Å². The first-order valence-electron chi connectivity index (χ1n) is 5.50. The summed E-state index contributed by atoms with van der Waals surface area (Å²) < 4.78 is 9.62. The summed E-state index contributed by atoms with van der Waals surface area (Å²) in [6.07, 6.45) is -6.30. The molecule has 100 valence electrons. The molecular formula is C10H18O7. The molecule has 0 unspecified atom stereocenters. The van der Waals surface area contributed by atoms with Crippen molar-refractivity contribution in [2.75, 3.05) is 6.61 Å². The van der Waals surface area contributed by atoms with Gasteiger partial charge in [-0.3, -0.25) is 4.79 Å². The minimum atomic E-state index is -1.61. The highest BCUT2D eigenvalue weighted by Gasteiger charge is 2.43. The molecule has 0 spiro atoms. The van der Waals surface area contributed by atoms with Crippen molar-refractivity contribution in [1.29, 1.82) is 0 Å². The van der Waals surface area contributed by atoms with Gasteiger partial charge in [0.1, 0.15) is 31.0 Å².